The number of nitrogens with one attached hydrogen (secondary N) is 1. The van der Waals surface area contributed by atoms with Crippen molar-refractivity contribution in [2.24, 2.45) is 5.92 Å². The fraction of sp³-hybridized carbons (Fsp3) is 0.304. The van der Waals surface area contributed by atoms with E-state index in [1.807, 2.05) is 0 Å². The Balaban J connectivity index is 1.57. The number of alkyl halides is 3. The van der Waals surface area contributed by atoms with Gasteiger partial charge in [0.25, 0.3) is 5.91 Å². The van der Waals surface area contributed by atoms with Gasteiger partial charge in [-0.25, -0.2) is 15.0 Å². The molecule has 7 nitrogen and oxygen atoms in total. The number of benzene rings is 1. The summed E-state index contributed by atoms with van der Waals surface area (Å²) in [6.45, 7) is 3.94. The minimum Gasteiger partial charge on any atom is -0.406 e. The minimum atomic E-state index is -4.78. The Hall–Kier alpha value is -3.69. The monoisotopic (exact) mass is 457 g/mol. The summed E-state index contributed by atoms with van der Waals surface area (Å²) in [6.07, 6.45) is 3.67. The van der Waals surface area contributed by atoms with E-state index in [1.165, 1.54) is 24.7 Å². The molecule has 1 N–H and O–H groups in total. The van der Waals surface area contributed by atoms with Gasteiger partial charge in [-0.05, 0) is 42.7 Å². The van der Waals surface area contributed by atoms with Crippen molar-refractivity contribution >= 4 is 17.4 Å². The van der Waals surface area contributed by atoms with Crippen LogP contribution in [0.5, 0.6) is 5.75 Å². The Bertz CT molecular complexity index is 1110. The highest BCUT2D eigenvalue weighted by Crippen LogP contribution is 2.33. The summed E-state index contributed by atoms with van der Waals surface area (Å²) < 4.78 is 40.8. The van der Waals surface area contributed by atoms with Crippen LogP contribution in [0.15, 0.2) is 55.2 Å². The summed E-state index contributed by atoms with van der Waals surface area (Å²) in [6, 6.07) is 6.67. The number of nitrogens with zero attached hydrogens (tertiary/aromatic N) is 4. The molecule has 0 saturated carbocycles. The molecule has 3 aromatic rings. The second kappa shape index (κ2) is 9.43. The number of carbonyl (C=O) groups is 1. The molecule has 1 aromatic carbocycles. The fourth-order valence-corrected chi connectivity index (χ4v) is 3.79. The lowest BCUT2D eigenvalue weighted by atomic mass is 10.1. The smallest absolute Gasteiger partial charge is 0.406 e. The lowest BCUT2D eigenvalue weighted by Gasteiger charge is -2.21. The van der Waals surface area contributed by atoms with Gasteiger partial charge in [0.1, 0.15) is 17.9 Å². The number of aromatic nitrogens is 3. The summed E-state index contributed by atoms with van der Waals surface area (Å²) in [4.78, 5) is 27.8. The van der Waals surface area contributed by atoms with Gasteiger partial charge in [-0.1, -0.05) is 13.3 Å². The first kappa shape index (κ1) is 22.5. The van der Waals surface area contributed by atoms with Crippen LogP contribution in [0.1, 0.15) is 30.1 Å². The van der Waals surface area contributed by atoms with Crippen LogP contribution in [-0.2, 0) is 0 Å². The number of carbonyl (C=O) groups excluding carboxylic acids is 1. The van der Waals surface area contributed by atoms with Crippen molar-refractivity contribution in [2.45, 2.75) is 26.1 Å². The molecule has 0 aliphatic carbocycles. The molecule has 172 valence electrons. The fourth-order valence-electron chi connectivity index (χ4n) is 3.79. The van der Waals surface area contributed by atoms with E-state index in [0.29, 0.717) is 17.2 Å². The maximum Gasteiger partial charge on any atom is 0.573 e. The van der Waals surface area contributed by atoms with Crippen LogP contribution in [0, 0.1) is 5.92 Å². The largest absolute Gasteiger partial charge is 0.573 e. The molecule has 1 aliphatic rings. The number of pyridine rings is 1. The van der Waals surface area contributed by atoms with Crippen LogP contribution < -0.4 is 15.0 Å². The molecule has 1 amide bonds. The van der Waals surface area contributed by atoms with Gasteiger partial charge in [0.2, 0.25) is 0 Å². The average molecular weight is 457 g/mol. The molecule has 1 atom stereocenters. The lowest BCUT2D eigenvalue weighted by Crippen LogP contribution is -2.22. The molecule has 4 rings (SSSR count). The maximum atomic E-state index is 12.8. The SMILES string of the molecule is CC[C@H]1CCN(c2ncc(C(=O)Nc3ccc(OC(F)(F)F)cc3)cc2-c2cncnc2)C1. The zero-order chi connectivity index (χ0) is 23.4. The summed E-state index contributed by atoms with van der Waals surface area (Å²) in [7, 11) is 0. The highest BCUT2D eigenvalue weighted by atomic mass is 19.4. The van der Waals surface area contributed by atoms with E-state index in [1.54, 1.807) is 18.5 Å². The van der Waals surface area contributed by atoms with Gasteiger partial charge < -0.3 is 15.0 Å². The highest BCUT2D eigenvalue weighted by molar-refractivity contribution is 6.05. The van der Waals surface area contributed by atoms with E-state index in [2.05, 4.69) is 36.8 Å². The van der Waals surface area contributed by atoms with Crippen molar-refractivity contribution in [1.82, 2.24) is 15.0 Å². The molecular formula is C23H22F3N5O2. The average Bonchev–Trinajstić information content (AvgIpc) is 3.29. The zero-order valence-corrected chi connectivity index (χ0v) is 17.8. The van der Waals surface area contributed by atoms with Gasteiger partial charge in [0.05, 0.1) is 5.56 Å². The number of ether oxygens (including phenoxy) is 1. The van der Waals surface area contributed by atoms with Crippen LogP contribution in [0.2, 0.25) is 0 Å². The van der Waals surface area contributed by atoms with Crippen LogP contribution in [-0.4, -0.2) is 40.3 Å². The third kappa shape index (κ3) is 5.57. The van der Waals surface area contributed by atoms with E-state index < -0.39 is 12.3 Å². The van der Waals surface area contributed by atoms with Crippen molar-refractivity contribution in [1.29, 1.82) is 0 Å². The van der Waals surface area contributed by atoms with Crippen LogP contribution in [0.3, 0.4) is 0 Å². The Morgan fingerprint density at radius 2 is 1.91 bits per heavy atom. The van der Waals surface area contributed by atoms with Gasteiger partial charge >= 0.3 is 6.36 Å². The Morgan fingerprint density at radius 1 is 1.18 bits per heavy atom. The molecule has 0 bridgehead atoms. The normalized spacial score (nSPS) is 16.0. The van der Waals surface area contributed by atoms with E-state index in [-0.39, 0.29) is 5.75 Å². The predicted molar refractivity (Wildman–Crippen MR) is 117 cm³/mol. The van der Waals surface area contributed by atoms with Gasteiger partial charge in [-0.3, -0.25) is 4.79 Å². The predicted octanol–water partition coefficient (Wildman–Crippen LogP) is 4.93. The number of anilines is 2. The molecule has 33 heavy (non-hydrogen) atoms. The second-order valence-electron chi connectivity index (χ2n) is 7.76. The first-order valence-electron chi connectivity index (χ1n) is 10.5. The minimum absolute atomic E-state index is 0.305. The van der Waals surface area contributed by atoms with E-state index in [0.717, 1.165) is 55.0 Å². The van der Waals surface area contributed by atoms with Gasteiger partial charge in [0.15, 0.2) is 0 Å². The summed E-state index contributed by atoms with van der Waals surface area (Å²) in [5, 5.41) is 2.67. The number of hydrogen-bond acceptors (Lipinski definition) is 6. The van der Waals surface area contributed by atoms with E-state index in [4.69, 9.17) is 0 Å². The molecule has 0 radical (unpaired) electrons. The number of halogens is 3. The van der Waals surface area contributed by atoms with Crippen LogP contribution >= 0.6 is 0 Å². The first-order chi connectivity index (χ1) is 15.8. The lowest BCUT2D eigenvalue weighted by molar-refractivity contribution is -0.274. The zero-order valence-electron chi connectivity index (χ0n) is 17.8. The van der Waals surface area contributed by atoms with Crippen molar-refractivity contribution in [3.63, 3.8) is 0 Å². The Kier molecular flexibility index (Phi) is 6.43. The standard InChI is InChI=1S/C23H22F3N5O2/c1-2-15-7-8-31(13-15)21-20(17-10-27-14-28-11-17)9-16(12-29-21)22(32)30-18-3-5-19(6-4-18)33-23(24,25)26/h3-6,9-12,14-15H,2,7-8,13H2,1H3,(H,30,32)/t15-/m0/s1. The van der Waals surface area contributed by atoms with Crippen molar-refractivity contribution in [2.75, 3.05) is 23.3 Å². The molecule has 0 spiro atoms. The van der Waals surface area contributed by atoms with Gasteiger partial charge in [-0.2, -0.15) is 0 Å². The maximum absolute atomic E-state index is 12.8. The van der Waals surface area contributed by atoms with E-state index in [9.17, 15) is 18.0 Å². The van der Waals surface area contributed by atoms with Crippen molar-refractivity contribution in [3.8, 4) is 16.9 Å². The Morgan fingerprint density at radius 3 is 2.55 bits per heavy atom. The summed E-state index contributed by atoms with van der Waals surface area (Å²) >= 11 is 0. The molecule has 1 saturated heterocycles. The molecule has 10 heteroatoms. The second-order valence-corrected chi connectivity index (χ2v) is 7.76. The molecule has 3 heterocycles. The third-order valence-corrected chi connectivity index (χ3v) is 5.51. The van der Waals surface area contributed by atoms with Crippen molar-refractivity contribution in [3.05, 3.63) is 60.8 Å². The topological polar surface area (TPSA) is 80.2 Å². The molecule has 1 fully saturated rings. The molecule has 0 unspecified atom stereocenters. The van der Waals surface area contributed by atoms with Crippen LogP contribution in [0.25, 0.3) is 11.1 Å². The van der Waals surface area contributed by atoms with Crippen LogP contribution in [0.4, 0.5) is 24.7 Å². The van der Waals surface area contributed by atoms with Crippen molar-refractivity contribution < 1.29 is 22.7 Å². The van der Waals surface area contributed by atoms with Gasteiger partial charge in [-0.15, -0.1) is 13.2 Å². The summed E-state index contributed by atoms with van der Waals surface area (Å²) in [5.74, 6) is 0.559. The van der Waals surface area contributed by atoms with Gasteiger partial charge in [0, 0.05) is 48.5 Å². The number of hydrogen-bond donors (Lipinski definition) is 1. The molecule has 2 aromatic heterocycles. The van der Waals surface area contributed by atoms with E-state index >= 15 is 0 Å². The highest BCUT2D eigenvalue weighted by Gasteiger charge is 2.31. The third-order valence-electron chi connectivity index (χ3n) is 5.51. The first-order valence-corrected chi connectivity index (χ1v) is 10.5. The number of rotatable bonds is 6. The molecular weight excluding hydrogens is 435 g/mol. The summed E-state index contributed by atoms with van der Waals surface area (Å²) in [5.41, 5.74) is 2.12. The molecule has 1 aliphatic heterocycles. The quantitative estimate of drug-likeness (QED) is 0.566. The number of amides is 1. The Labute approximate surface area is 188 Å².